The van der Waals surface area contributed by atoms with Crippen LogP contribution in [0.15, 0.2) is 30.6 Å². The van der Waals surface area contributed by atoms with E-state index in [2.05, 4.69) is 9.97 Å². The number of benzene rings is 1. The van der Waals surface area contributed by atoms with E-state index in [9.17, 15) is 4.79 Å². The number of carbonyl (C=O) groups excluding carboxylic acids is 1. The molecule has 1 saturated carbocycles. The number of ether oxygens (including phenoxy) is 1. The fourth-order valence-electron chi connectivity index (χ4n) is 3.19. The summed E-state index contributed by atoms with van der Waals surface area (Å²) in [7, 11) is 0. The predicted octanol–water partition coefficient (Wildman–Crippen LogP) is 4.62. The van der Waals surface area contributed by atoms with Gasteiger partial charge in [0, 0.05) is 34.3 Å². The van der Waals surface area contributed by atoms with Crippen LogP contribution in [0.3, 0.4) is 0 Å². The maximum atomic E-state index is 11.7. The second-order valence-corrected chi connectivity index (χ2v) is 6.83. The zero-order chi connectivity index (χ0) is 17.2. The predicted molar refractivity (Wildman–Crippen MR) is 93.7 cm³/mol. The Labute approximate surface area is 151 Å². The molecule has 1 aromatic heterocycles. The molecule has 0 spiro atoms. The largest absolute Gasteiger partial charge is 0.462 e. The van der Waals surface area contributed by atoms with E-state index in [-0.39, 0.29) is 5.41 Å². The van der Waals surface area contributed by atoms with Crippen molar-refractivity contribution >= 4 is 29.2 Å². The number of esters is 1. The van der Waals surface area contributed by atoms with Crippen LogP contribution >= 0.6 is 23.2 Å². The molecule has 3 rings (SSSR count). The molecular formula is C18H18Cl2N2O2. The molecule has 24 heavy (non-hydrogen) atoms. The molecule has 4 nitrogen and oxygen atoms in total. The van der Waals surface area contributed by atoms with Crippen LogP contribution in [0.2, 0.25) is 10.0 Å². The zero-order valence-electron chi connectivity index (χ0n) is 13.4. The Kier molecular flexibility index (Phi) is 5.07. The fourth-order valence-corrected chi connectivity index (χ4v) is 3.99. The van der Waals surface area contributed by atoms with E-state index in [1.54, 1.807) is 6.92 Å². The molecule has 0 amide bonds. The number of rotatable bonds is 5. The Morgan fingerprint density at radius 2 is 1.83 bits per heavy atom. The first-order valence-electron chi connectivity index (χ1n) is 7.98. The number of hydrogen-bond acceptors (Lipinski definition) is 4. The lowest BCUT2D eigenvalue weighted by atomic mass is 9.62. The van der Waals surface area contributed by atoms with Crippen molar-refractivity contribution in [2.45, 2.75) is 38.0 Å². The van der Waals surface area contributed by atoms with Crippen LogP contribution in [0.25, 0.3) is 0 Å². The number of halogens is 2. The second-order valence-electron chi connectivity index (χ2n) is 6.02. The van der Waals surface area contributed by atoms with Crippen LogP contribution in [0, 0.1) is 0 Å². The summed E-state index contributed by atoms with van der Waals surface area (Å²) in [5.41, 5.74) is 1.22. The van der Waals surface area contributed by atoms with Crippen molar-refractivity contribution in [3.63, 3.8) is 0 Å². The lowest BCUT2D eigenvalue weighted by Gasteiger charge is -2.43. The zero-order valence-corrected chi connectivity index (χ0v) is 14.9. The monoisotopic (exact) mass is 364 g/mol. The molecule has 0 N–H and O–H groups in total. The van der Waals surface area contributed by atoms with Crippen molar-refractivity contribution in [3.05, 3.63) is 57.6 Å². The van der Waals surface area contributed by atoms with Gasteiger partial charge in [0.25, 0.3) is 0 Å². The lowest BCUT2D eigenvalue weighted by Crippen LogP contribution is -2.37. The maximum absolute atomic E-state index is 11.7. The summed E-state index contributed by atoms with van der Waals surface area (Å²) in [6.07, 6.45) is 6.81. The molecule has 0 radical (unpaired) electrons. The Bertz CT molecular complexity index is 723. The first-order valence-corrected chi connectivity index (χ1v) is 8.74. The van der Waals surface area contributed by atoms with Crippen molar-refractivity contribution in [1.29, 1.82) is 0 Å². The minimum Gasteiger partial charge on any atom is -0.462 e. The quantitative estimate of drug-likeness (QED) is 0.726. The summed E-state index contributed by atoms with van der Waals surface area (Å²) in [4.78, 5) is 20.4. The first-order chi connectivity index (χ1) is 11.6. The highest BCUT2D eigenvalue weighted by molar-refractivity contribution is 6.36. The Hall–Kier alpha value is -1.65. The van der Waals surface area contributed by atoms with Crippen LogP contribution in [0.4, 0.5) is 0 Å². The second kappa shape index (κ2) is 7.08. The van der Waals surface area contributed by atoms with Crippen LogP contribution in [-0.2, 0) is 16.6 Å². The van der Waals surface area contributed by atoms with Gasteiger partial charge in [-0.25, -0.2) is 14.8 Å². The molecule has 1 fully saturated rings. The Balaban J connectivity index is 1.85. The van der Waals surface area contributed by atoms with Gasteiger partial charge in [-0.3, -0.25) is 0 Å². The van der Waals surface area contributed by atoms with Gasteiger partial charge < -0.3 is 4.74 Å². The molecule has 2 aromatic rings. The summed E-state index contributed by atoms with van der Waals surface area (Å²) in [6.45, 7) is 2.09. The van der Waals surface area contributed by atoms with Gasteiger partial charge >= 0.3 is 5.97 Å². The number of hydrogen-bond donors (Lipinski definition) is 0. The van der Waals surface area contributed by atoms with E-state index in [0.29, 0.717) is 34.5 Å². The molecule has 6 heteroatoms. The molecular weight excluding hydrogens is 347 g/mol. The molecule has 1 aromatic carbocycles. The Morgan fingerprint density at radius 3 is 2.33 bits per heavy atom. The summed E-state index contributed by atoms with van der Waals surface area (Å²) in [5.74, 6) is 0.273. The molecule has 1 aliphatic carbocycles. The molecule has 0 unspecified atom stereocenters. The SMILES string of the molecule is CCOC(=O)c1cnc(CC2(c3c(Cl)cccc3Cl)CCC2)nc1. The van der Waals surface area contributed by atoms with Crippen molar-refractivity contribution in [3.8, 4) is 0 Å². The topological polar surface area (TPSA) is 52.1 Å². The van der Waals surface area contributed by atoms with Crippen molar-refractivity contribution < 1.29 is 9.53 Å². The van der Waals surface area contributed by atoms with Crippen LogP contribution in [0.1, 0.15) is 47.9 Å². The van der Waals surface area contributed by atoms with Gasteiger partial charge in [-0.1, -0.05) is 35.7 Å². The third-order valence-electron chi connectivity index (χ3n) is 4.52. The number of aromatic nitrogens is 2. The standard InChI is InChI=1S/C18H18Cl2N2O2/c1-2-24-17(23)12-10-21-15(22-11-12)9-18(7-4-8-18)16-13(19)5-3-6-14(16)20/h3,5-6,10-11H,2,4,7-9H2,1H3. The average molecular weight is 365 g/mol. The van der Waals surface area contributed by atoms with Gasteiger partial charge in [-0.2, -0.15) is 0 Å². The Morgan fingerprint density at radius 1 is 1.21 bits per heavy atom. The van der Waals surface area contributed by atoms with Crippen molar-refractivity contribution in [2.24, 2.45) is 0 Å². The van der Waals surface area contributed by atoms with Crippen molar-refractivity contribution in [2.75, 3.05) is 6.61 Å². The van der Waals surface area contributed by atoms with Gasteiger partial charge in [0.15, 0.2) is 0 Å². The van der Waals surface area contributed by atoms with Gasteiger partial charge in [-0.15, -0.1) is 0 Å². The van der Waals surface area contributed by atoms with E-state index in [1.165, 1.54) is 12.4 Å². The average Bonchev–Trinajstić information content (AvgIpc) is 2.53. The van der Waals surface area contributed by atoms with Gasteiger partial charge in [0.05, 0.1) is 12.2 Å². The third kappa shape index (κ3) is 3.26. The van der Waals surface area contributed by atoms with Gasteiger partial charge in [-0.05, 0) is 37.5 Å². The fraction of sp³-hybridized carbons (Fsp3) is 0.389. The minimum atomic E-state index is -0.406. The number of carbonyl (C=O) groups is 1. The molecule has 0 atom stereocenters. The van der Waals surface area contributed by atoms with Crippen LogP contribution in [0.5, 0.6) is 0 Å². The highest BCUT2D eigenvalue weighted by atomic mass is 35.5. The molecule has 0 saturated heterocycles. The molecule has 126 valence electrons. The van der Waals surface area contributed by atoms with Gasteiger partial charge in [0.1, 0.15) is 5.82 Å². The van der Waals surface area contributed by atoms with E-state index >= 15 is 0 Å². The molecule has 0 bridgehead atoms. The van der Waals surface area contributed by atoms with E-state index in [4.69, 9.17) is 27.9 Å². The highest BCUT2D eigenvalue weighted by Crippen LogP contribution is 2.50. The summed E-state index contributed by atoms with van der Waals surface area (Å²) >= 11 is 12.8. The molecule has 0 aliphatic heterocycles. The first kappa shape index (κ1) is 17.2. The normalized spacial score (nSPS) is 15.6. The summed E-state index contributed by atoms with van der Waals surface area (Å²) < 4.78 is 4.95. The van der Waals surface area contributed by atoms with E-state index in [0.717, 1.165) is 24.8 Å². The minimum absolute atomic E-state index is 0.124. The van der Waals surface area contributed by atoms with Crippen LogP contribution < -0.4 is 0 Å². The maximum Gasteiger partial charge on any atom is 0.341 e. The lowest BCUT2D eigenvalue weighted by molar-refractivity contribution is 0.0525. The third-order valence-corrected chi connectivity index (χ3v) is 5.15. The van der Waals surface area contributed by atoms with Crippen molar-refractivity contribution in [1.82, 2.24) is 9.97 Å². The summed E-state index contributed by atoms with van der Waals surface area (Å²) in [6, 6.07) is 5.59. The van der Waals surface area contributed by atoms with E-state index in [1.807, 2.05) is 18.2 Å². The number of nitrogens with zero attached hydrogens (tertiary/aromatic N) is 2. The van der Waals surface area contributed by atoms with Crippen LogP contribution in [-0.4, -0.2) is 22.5 Å². The highest BCUT2D eigenvalue weighted by Gasteiger charge is 2.42. The smallest absolute Gasteiger partial charge is 0.341 e. The summed E-state index contributed by atoms with van der Waals surface area (Å²) in [5, 5.41) is 1.37. The molecule has 1 heterocycles. The van der Waals surface area contributed by atoms with E-state index < -0.39 is 5.97 Å². The van der Waals surface area contributed by atoms with Gasteiger partial charge in [0.2, 0.25) is 0 Å². The molecule has 1 aliphatic rings.